The molecule has 0 aliphatic heterocycles. The first-order valence-electron chi connectivity index (χ1n) is 6.07. The minimum atomic E-state index is -1.47. The largest absolute Gasteiger partial charge is 0.478 e. The molecule has 2 rings (SSSR count). The van der Waals surface area contributed by atoms with E-state index in [0.717, 1.165) is 11.6 Å². The molecule has 5 nitrogen and oxygen atoms in total. The number of carboxylic acids is 1. The molecule has 2 aromatic rings. The third-order valence-corrected chi connectivity index (χ3v) is 2.68. The van der Waals surface area contributed by atoms with Gasteiger partial charge in [0.05, 0.1) is 5.69 Å². The van der Waals surface area contributed by atoms with Gasteiger partial charge >= 0.3 is 12.1 Å². The Balaban J connectivity index is 2.03. The van der Waals surface area contributed by atoms with Crippen LogP contribution in [0.3, 0.4) is 0 Å². The van der Waals surface area contributed by atoms with Crippen molar-refractivity contribution in [2.45, 2.75) is 6.61 Å². The minimum absolute atomic E-state index is 0.0321. The normalized spacial score (nSPS) is 9.95. The van der Waals surface area contributed by atoms with Crippen LogP contribution in [0.1, 0.15) is 15.9 Å². The topological polar surface area (TPSA) is 75.6 Å². The Morgan fingerprint density at radius 3 is 2.48 bits per heavy atom. The zero-order valence-electron chi connectivity index (χ0n) is 10.9. The van der Waals surface area contributed by atoms with Crippen LogP contribution in [0.2, 0.25) is 0 Å². The average molecular weight is 289 g/mol. The lowest BCUT2D eigenvalue weighted by atomic mass is 10.1. The van der Waals surface area contributed by atoms with E-state index < -0.39 is 23.4 Å². The van der Waals surface area contributed by atoms with Crippen LogP contribution in [-0.4, -0.2) is 17.2 Å². The van der Waals surface area contributed by atoms with Crippen molar-refractivity contribution in [2.24, 2.45) is 0 Å². The van der Waals surface area contributed by atoms with E-state index in [2.05, 4.69) is 5.32 Å². The van der Waals surface area contributed by atoms with E-state index in [1.807, 2.05) is 6.07 Å². The minimum Gasteiger partial charge on any atom is -0.478 e. The Hall–Kier alpha value is -2.89. The highest BCUT2D eigenvalue weighted by molar-refractivity contribution is 5.98. The number of carboxylic acid groups (broad SMARTS) is 1. The SMILES string of the molecule is O=C(Nc1cccc(F)c1C(=O)O)OCc1ccccc1. The molecule has 0 saturated carbocycles. The highest BCUT2D eigenvalue weighted by Crippen LogP contribution is 2.19. The molecule has 0 atom stereocenters. The van der Waals surface area contributed by atoms with Crippen LogP contribution in [0, 0.1) is 5.82 Å². The number of anilines is 1. The van der Waals surface area contributed by atoms with Gasteiger partial charge in [0.2, 0.25) is 0 Å². The van der Waals surface area contributed by atoms with E-state index in [-0.39, 0.29) is 12.3 Å². The van der Waals surface area contributed by atoms with E-state index in [4.69, 9.17) is 9.84 Å². The summed E-state index contributed by atoms with van der Waals surface area (Å²) in [5.74, 6) is -2.39. The molecule has 2 aromatic carbocycles. The number of carbonyl (C=O) groups is 2. The lowest BCUT2D eigenvalue weighted by molar-refractivity contribution is 0.0693. The van der Waals surface area contributed by atoms with Crippen molar-refractivity contribution in [3.63, 3.8) is 0 Å². The lowest BCUT2D eigenvalue weighted by Gasteiger charge is -2.09. The predicted octanol–water partition coefficient (Wildman–Crippen LogP) is 3.27. The summed E-state index contributed by atoms with van der Waals surface area (Å²) < 4.78 is 18.4. The molecule has 0 saturated heterocycles. The molecular weight excluding hydrogens is 277 g/mol. The predicted molar refractivity (Wildman–Crippen MR) is 73.6 cm³/mol. The Morgan fingerprint density at radius 1 is 1.10 bits per heavy atom. The van der Waals surface area contributed by atoms with Crippen LogP contribution in [0.4, 0.5) is 14.9 Å². The van der Waals surface area contributed by atoms with Gasteiger partial charge < -0.3 is 9.84 Å². The highest BCUT2D eigenvalue weighted by atomic mass is 19.1. The van der Waals surface area contributed by atoms with Crippen LogP contribution in [-0.2, 0) is 11.3 Å². The molecule has 0 aliphatic rings. The van der Waals surface area contributed by atoms with Gasteiger partial charge in [0, 0.05) is 0 Å². The second-order valence-electron chi connectivity index (χ2n) is 4.15. The standard InChI is InChI=1S/C15H12FNO4/c16-11-7-4-8-12(13(11)14(18)19)17-15(20)21-9-10-5-2-1-3-6-10/h1-8H,9H2,(H,17,20)(H,18,19). The van der Waals surface area contributed by atoms with Crippen LogP contribution in [0.15, 0.2) is 48.5 Å². The van der Waals surface area contributed by atoms with E-state index in [1.165, 1.54) is 12.1 Å². The Bertz CT molecular complexity index is 658. The average Bonchev–Trinajstić information content (AvgIpc) is 2.46. The molecule has 0 heterocycles. The number of aromatic carboxylic acids is 1. The molecule has 0 unspecified atom stereocenters. The van der Waals surface area contributed by atoms with Gasteiger partial charge in [-0.05, 0) is 17.7 Å². The Morgan fingerprint density at radius 2 is 1.81 bits per heavy atom. The number of rotatable bonds is 4. The van der Waals surface area contributed by atoms with Crippen molar-refractivity contribution in [2.75, 3.05) is 5.32 Å². The van der Waals surface area contributed by atoms with Gasteiger partial charge in [0.15, 0.2) is 0 Å². The monoisotopic (exact) mass is 289 g/mol. The Labute approximate surface area is 120 Å². The summed E-state index contributed by atoms with van der Waals surface area (Å²) in [4.78, 5) is 22.6. The number of hydrogen-bond acceptors (Lipinski definition) is 3. The number of halogens is 1. The second-order valence-corrected chi connectivity index (χ2v) is 4.15. The van der Waals surface area contributed by atoms with Gasteiger partial charge in [-0.25, -0.2) is 14.0 Å². The summed E-state index contributed by atoms with van der Waals surface area (Å²) in [5.41, 5.74) is 0.0278. The third-order valence-electron chi connectivity index (χ3n) is 2.68. The highest BCUT2D eigenvalue weighted by Gasteiger charge is 2.17. The molecule has 6 heteroatoms. The first kappa shape index (κ1) is 14.5. The van der Waals surface area contributed by atoms with Crippen LogP contribution < -0.4 is 5.32 Å². The smallest absolute Gasteiger partial charge is 0.411 e. The molecular formula is C15H12FNO4. The molecule has 0 radical (unpaired) electrons. The summed E-state index contributed by atoms with van der Waals surface area (Å²) in [6, 6.07) is 12.6. The van der Waals surface area contributed by atoms with Crippen LogP contribution in [0.5, 0.6) is 0 Å². The van der Waals surface area contributed by atoms with E-state index in [0.29, 0.717) is 0 Å². The molecule has 108 valence electrons. The number of amides is 1. The van der Waals surface area contributed by atoms with E-state index >= 15 is 0 Å². The summed E-state index contributed by atoms with van der Waals surface area (Å²) in [6.45, 7) is 0.0321. The maximum atomic E-state index is 13.4. The van der Waals surface area contributed by atoms with Gasteiger partial charge in [-0.1, -0.05) is 36.4 Å². The van der Waals surface area contributed by atoms with Gasteiger partial charge in [-0.2, -0.15) is 0 Å². The van der Waals surface area contributed by atoms with E-state index in [9.17, 15) is 14.0 Å². The molecule has 0 bridgehead atoms. The molecule has 0 aliphatic carbocycles. The van der Waals surface area contributed by atoms with Crippen LogP contribution >= 0.6 is 0 Å². The first-order valence-corrected chi connectivity index (χ1v) is 6.07. The molecule has 21 heavy (non-hydrogen) atoms. The fourth-order valence-corrected chi connectivity index (χ4v) is 1.71. The number of carbonyl (C=O) groups excluding carboxylic acids is 1. The molecule has 2 N–H and O–H groups in total. The van der Waals surface area contributed by atoms with Crippen molar-refractivity contribution in [3.05, 3.63) is 65.5 Å². The molecule has 0 fully saturated rings. The summed E-state index contributed by atoms with van der Waals surface area (Å²) in [5, 5.41) is 11.2. The van der Waals surface area contributed by atoms with Gasteiger partial charge in [-0.15, -0.1) is 0 Å². The summed E-state index contributed by atoms with van der Waals surface area (Å²) >= 11 is 0. The summed E-state index contributed by atoms with van der Waals surface area (Å²) in [6.07, 6.45) is -0.855. The second kappa shape index (κ2) is 6.51. The molecule has 0 spiro atoms. The Kier molecular flexibility index (Phi) is 4.50. The fourth-order valence-electron chi connectivity index (χ4n) is 1.71. The number of hydrogen-bond donors (Lipinski definition) is 2. The van der Waals surface area contributed by atoms with Gasteiger partial charge in [-0.3, -0.25) is 5.32 Å². The number of nitrogens with one attached hydrogen (secondary N) is 1. The fraction of sp³-hybridized carbons (Fsp3) is 0.0667. The third kappa shape index (κ3) is 3.79. The quantitative estimate of drug-likeness (QED) is 0.905. The van der Waals surface area contributed by atoms with Crippen molar-refractivity contribution in [1.29, 1.82) is 0 Å². The maximum absolute atomic E-state index is 13.4. The zero-order valence-corrected chi connectivity index (χ0v) is 10.9. The molecule has 0 aromatic heterocycles. The van der Waals surface area contributed by atoms with Crippen LogP contribution in [0.25, 0.3) is 0 Å². The van der Waals surface area contributed by atoms with E-state index in [1.54, 1.807) is 24.3 Å². The maximum Gasteiger partial charge on any atom is 0.411 e. The first-order chi connectivity index (χ1) is 10.1. The number of ether oxygens (including phenoxy) is 1. The number of benzene rings is 2. The van der Waals surface area contributed by atoms with Crippen molar-refractivity contribution >= 4 is 17.7 Å². The molecule has 1 amide bonds. The van der Waals surface area contributed by atoms with Gasteiger partial charge in [0.1, 0.15) is 18.0 Å². The van der Waals surface area contributed by atoms with Crippen molar-refractivity contribution < 1.29 is 23.8 Å². The lowest BCUT2D eigenvalue weighted by Crippen LogP contribution is -2.16. The zero-order chi connectivity index (χ0) is 15.2. The van der Waals surface area contributed by atoms with Crippen molar-refractivity contribution in [1.82, 2.24) is 0 Å². The van der Waals surface area contributed by atoms with Gasteiger partial charge in [0.25, 0.3) is 0 Å². The van der Waals surface area contributed by atoms with Crippen molar-refractivity contribution in [3.8, 4) is 0 Å². The summed E-state index contributed by atoms with van der Waals surface area (Å²) in [7, 11) is 0.